The Balaban J connectivity index is 2.52. The monoisotopic (exact) mass is 286 g/mol. The van der Waals surface area contributed by atoms with Gasteiger partial charge in [0.25, 0.3) is 0 Å². The lowest BCUT2D eigenvalue weighted by molar-refractivity contribution is 0.290. The van der Waals surface area contributed by atoms with E-state index >= 15 is 0 Å². The molecule has 0 bridgehead atoms. The van der Waals surface area contributed by atoms with Crippen molar-refractivity contribution in [3.05, 3.63) is 33.4 Å². The third-order valence-corrected chi connectivity index (χ3v) is 2.26. The highest BCUT2D eigenvalue weighted by Gasteiger charge is 1.86. The Morgan fingerprint density at radius 2 is 1.92 bits per heavy atom. The second-order valence-corrected chi connectivity index (χ2v) is 3.88. The number of unbranched alkanes of at least 4 members (excludes halogenated alkanes) is 1. The molecule has 1 rings (SSSR count). The third-order valence-electron chi connectivity index (χ3n) is 1.54. The van der Waals surface area contributed by atoms with Crippen molar-refractivity contribution in [1.29, 1.82) is 0 Å². The van der Waals surface area contributed by atoms with Crippen LogP contribution in [0.5, 0.6) is 0 Å². The highest BCUT2D eigenvalue weighted by molar-refractivity contribution is 14.1. The molecule has 0 aromatic heterocycles. The normalized spacial score (nSPS) is 9.08. The Bertz CT molecular complexity index is 305. The minimum atomic E-state index is 0.224. The lowest BCUT2D eigenvalue weighted by atomic mass is 10.2. The van der Waals surface area contributed by atoms with Crippen LogP contribution in [-0.2, 0) is 0 Å². The lowest BCUT2D eigenvalue weighted by Gasteiger charge is -1.90. The predicted octanol–water partition coefficient (Wildman–Crippen LogP) is 2.42. The van der Waals surface area contributed by atoms with Crippen LogP contribution in [0.1, 0.15) is 18.4 Å². The largest absolute Gasteiger partial charge is 0.396 e. The van der Waals surface area contributed by atoms with Crippen molar-refractivity contribution in [3.63, 3.8) is 0 Å². The number of hydrogen-bond acceptors (Lipinski definition) is 1. The Morgan fingerprint density at radius 3 is 2.54 bits per heavy atom. The van der Waals surface area contributed by atoms with Crippen molar-refractivity contribution < 1.29 is 5.11 Å². The molecule has 68 valence electrons. The molecule has 0 radical (unpaired) electrons. The van der Waals surface area contributed by atoms with Gasteiger partial charge in [-0.2, -0.15) is 0 Å². The first-order valence-corrected chi connectivity index (χ1v) is 5.26. The molecule has 0 aliphatic carbocycles. The van der Waals surface area contributed by atoms with Gasteiger partial charge in [0.1, 0.15) is 0 Å². The van der Waals surface area contributed by atoms with Crippen molar-refractivity contribution in [2.24, 2.45) is 0 Å². The fourth-order valence-corrected chi connectivity index (χ4v) is 1.22. The highest BCUT2D eigenvalue weighted by Crippen LogP contribution is 2.05. The molecule has 1 N–H and O–H groups in total. The summed E-state index contributed by atoms with van der Waals surface area (Å²) in [5.74, 6) is 6.05. The standard InChI is InChI=1S/C11H11IO/c12-11-7-5-10(6-8-11)4-2-1-3-9-13/h5-8,13H,1,3,9H2. The zero-order valence-electron chi connectivity index (χ0n) is 7.26. The van der Waals surface area contributed by atoms with Crippen molar-refractivity contribution >= 4 is 22.6 Å². The van der Waals surface area contributed by atoms with Gasteiger partial charge in [-0.3, -0.25) is 0 Å². The fraction of sp³-hybridized carbons (Fsp3) is 0.273. The molecule has 1 aromatic carbocycles. The quantitative estimate of drug-likeness (QED) is 0.503. The topological polar surface area (TPSA) is 20.2 Å². The van der Waals surface area contributed by atoms with Crippen molar-refractivity contribution in [1.82, 2.24) is 0 Å². The summed E-state index contributed by atoms with van der Waals surface area (Å²) >= 11 is 2.27. The van der Waals surface area contributed by atoms with E-state index in [1.165, 1.54) is 3.57 Å². The van der Waals surface area contributed by atoms with Crippen molar-refractivity contribution in [2.45, 2.75) is 12.8 Å². The van der Waals surface area contributed by atoms with Crippen LogP contribution in [0.2, 0.25) is 0 Å². The van der Waals surface area contributed by atoms with Gasteiger partial charge >= 0.3 is 0 Å². The Morgan fingerprint density at radius 1 is 1.23 bits per heavy atom. The van der Waals surface area contributed by atoms with Crippen LogP contribution in [0.15, 0.2) is 24.3 Å². The summed E-state index contributed by atoms with van der Waals surface area (Å²) in [5, 5.41) is 8.53. The van der Waals surface area contributed by atoms with Crippen LogP contribution < -0.4 is 0 Å². The van der Waals surface area contributed by atoms with Crippen LogP contribution >= 0.6 is 22.6 Å². The average molecular weight is 286 g/mol. The first kappa shape index (κ1) is 10.6. The lowest BCUT2D eigenvalue weighted by Crippen LogP contribution is -1.79. The maximum absolute atomic E-state index is 8.53. The zero-order chi connectivity index (χ0) is 9.52. The second kappa shape index (κ2) is 6.01. The minimum Gasteiger partial charge on any atom is -0.396 e. The predicted molar refractivity (Wildman–Crippen MR) is 62.4 cm³/mol. The molecular formula is C11H11IO. The molecule has 0 unspecified atom stereocenters. The number of halogens is 1. The molecule has 1 aromatic rings. The SMILES string of the molecule is OCCCC#Cc1ccc(I)cc1. The van der Waals surface area contributed by atoms with Crippen molar-refractivity contribution in [2.75, 3.05) is 6.61 Å². The summed E-state index contributed by atoms with van der Waals surface area (Å²) in [4.78, 5) is 0. The van der Waals surface area contributed by atoms with E-state index in [1.807, 2.05) is 24.3 Å². The molecular weight excluding hydrogens is 275 g/mol. The summed E-state index contributed by atoms with van der Waals surface area (Å²) in [5.41, 5.74) is 1.04. The van der Waals surface area contributed by atoms with Gasteiger partial charge in [-0.1, -0.05) is 11.8 Å². The second-order valence-electron chi connectivity index (χ2n) is 2.64. The number of hydrogen-bond donors (Lipinski definition) is 1. The molecule has 0 atom stereocenters. The van der Waals surface area contributed by atoms with Crippen LogP contribution in [0.25, 0.3) is 0 Å². The third kappa shape index (κ3) is 4.30. The average Bonchev–Trinajstić information content (AvgIpc) is 2.15. The molecule has 0 amide bonds. The minimum absolute atomic E-state index is 0.224. The van der Waals surface area contributed by atoms with E-state index in [0.717, 1.165) is 18.4 Å². The van der Waals surface area contributed by atoms with Gasteiger partial charge in [0.2, 0.25) is 0 Å². The summed E-state index contributed by atoms with van der Waals surface area (Å²) in [6.45, 7) is 0.224. The van der Waals surface area contributed by atoms with Gasteiger partial charge in [0, 0.05) is 22.2 Å². The van der Waals surface area contributed by atoms with E-state index in [0.29, 0.717) is 0 Å². The summed E-state index contributed by atoms with van der Waals surface area (Å²) in [6, 6.07) is 8.09. The fourth-order valence-electron chi connectivity index (χ4n) is 0.865. The molecule has 2 heteroatoms. The summed E-state index contributed by atoms with van der Waals surface area (Å²) in [7, 11) is 0. The first-order valence-electron chi connectivity index (χ1n) is 4.18. The number of rotatable bonds is 2. The summed E-state index contributed by atoms with van der Waals surface area (Å²) < 4.78 is 1.22. The van der Waals surface area contributed by atoms with Gasteiger partial charge in [-0.15, -0.1) is 0 Å². The molecule has 1 nitrogen and oxygen atoms in total. The first-order chi connectivity index (χ1) is 6.33. The number of aliphatic hydroxyl groups excluding tert-OH is 1. The molecule has 0 spiro atoms. The molecule has 0 saturated carbocycles. The van der Waals surface area contributed by atoms with Crippen LogP contribution in [0.4, 0.5) is 0 Å². The molecule has 0 saturated heterocycles. The van der Waals surface area contributed by atoms with E-state index < -0.39 is 0 Å². The molecule has 0 aliphatic heterocycles. The Hall–Kier alpha value is -0.530. The molecule has 0 heterocycles. The van der Waals surface area contributed by atoms with E-state index in [9.17, 15) is 0 Å². The van der Waals surface area contributed by atoms with Gasteiger partial charge in [-0.25, -0.2) is 0 Å². The van der Waals surface area contributed by atoms with Gasteiger partial charge in [0.05, 0.1) is 0 Å². The van der Waals surface area contributed by atoms with Gasteiger partial charge < -0.3 is 5.11 Å². The number of aliphatic hydroxyl groups is 1. The Kier molecular flexibility index (Phi) is 4.87. The van der Waals surface area contributed by atoms with Crippen LogP contribution in [0.3, 0.4) is 0 Å². The van der Waals surface area contributed by atoms with Crippen molar-refractivity contribution in [3.8, 4) is 11.8 Å². The summed E-state index contributed by atoms with van der Waals surface area (Å²) in [6.07, 6.45) is 1.53. The highest BCUT2D eigenvalue weighted by atomic mass is 127. The molecule has 0 aliphatic rings. The number of benzene rings is 1. The van der Waals surface area contributed by atoms with E-state index in [-0.39, 0.29) is 6.61 Å². The molecule has 13 heavy (non-hydrogen) atoms. The zero-order valence-corrected chi connectivity index (χ0v) is 9.41. The molecule has 0 fully saturated rings. The van der Waals surface area contributed by atoms with E-state index in [1.54, 1.807) is 0 Å². The Labute approximate surface area is 92.3 Å². The maximum Gasteiger partial charge on any atom is 0.0440 e. The smallest absolute Gasteiger partial charge is 0.0440 e. The maximum atomic E-state index is 8.53. The van der Waals surface area contributed by atoms with Gasteiger partial charge in [0.15, 0.2) is 0 Å². The van der Waals surface area contributed by atoms with Crippen LogP contribution in [0, 0.1) is 15.4 Å². The van der Waals surface area contributed by atoms with Gasteiger partial charge in [-0.05, 0) is 53.3 Å². The van der Waals surface area contributed by atoms with Crippen LogP contribution in [-0.4, -0.2) is 11.7 Å². The van der Waals surface area contributed by atoms with E-state index in [4.69, 9.17) is 5.11 Å². The van der Waals surface area contributed by atoms with E-state index in [2.05, 4.69) is 34.4 Å².